The molecule has 9 aromatic rings. The SMILES string of the molecule is c1ccc2cc(-c3ccc(-c4ccc(Nc5cccc6c5oc5ccc7ccccc7c56)cc4)c4ccccc34)ccc2c1. The van der Waals surface area contributed by atoms with Gasteiger partial charge >= 0.3 is 0 Å². The van der Waals surface area contributed by atoms with E-state index in [1.54, 1.807) is 0 Å². The van der Waals surface area contributed by atoms with Crippen molar-refractivity contribution in [3.63, 3.8) is 0 Å². The average Bonchev–Trinajstić information content (AvgIpc) is 3.48. The van der Waals surface area contributed by atoms with Crippen LogP contribution < -0.4 is 5.32 Å². The van der Waals surface area contributed by atoms with E-state index in [0.29, 0.717) is 0 Å². The molecular weight excluding hydrogens is 534 g/mol. The van der Waals surface area contributed by atoms with Crippen molar-refractivity contribution in [3.05, 3.63) is 158 Å². The van der Waals surface area contributed by atoms with Crippen molar-refractivity contribution in [2.45, 2.75) is 0 Å². The predicted molar refractivity (Wildman–Crippen MR) is 187 cm³/mol. The Morgan fingerprint density at radius 2 is 1.02 bits per heavy atom. The van der Waals surface area contributed by atoms with Crippen molar-refractivity contribution in [1.82, 2.24) is 0 Å². The molecule has 2 nitrogen and oxygen atoms in total. The topological polar surface area (TPSA) is 25.2 Å². The minimum absolute atomic E-state index is 0.873. The second kappa shape index (κ2) is 9.86. The number of anilines is 2. The highest BCUT2D eigenvalue weighted by atomic mass is 16.3. The maximum Gasteiger partial charge on any atom is 0.158 e. The van der Waals surface area contributed by atoms with E-state index < -0.39 is 0 Å². The molecule has 1 aromatic heterocycles. The molecular formula is C42H27NO. The Hall–Kier alpha value is -5.86. The number of para-hydroxylation sites is 1. The van der Waals surface area contributed by atoms with E-state index in [0.717, 1.165) is 33.3 Å². The quantitative estimate of drug-likeness (QED) is 0.231. The Labute approximate surface area is 254 Å². The molecule has 0 saturated carbocycles. The van der Waals surface area contributed by atoms with Crippen LogP contribution in [-0.2, 0) is 0 Å². The minimum Gasteiger partial charge on any atom is -0.454 e. The van der Waals surface area contributed by atoms with Gasteiger partial charge in [-0.25, -0.2) is 0 Å². The van der Waals surface area contributed by atoms with Crippen molar-refractivity contribution < 1.29 is 4.42 Å². The van der Waals surface area contributed by atoms with E-state index in [4.69, 9.17) is 4.42 Å². The van der Waals surface area contributed by atoms with Gasteiger partial charge in [0.1, 0.15) is 5.58 Å². The van der Waals surface area contributed by atoms with Crippen molar-refractivity contribution >= 4 is 65.6 Å². The number of benzene rings is 8. The van der Waals surface area contributed by atoms with Gasteiger partial charge in [-0.05, 0) is 84.9 Å². The number of rotatable bonds is 4. The molecule has 0 aliphatic carbocycles. The van der Waals surface area contributed by atoms with Gasteiger partial charge in [0.2, 0.25) is 0 Å². The van der Waals surface area contributed by atoms with Gasteiger partial charge in [0.15, 0.2) is 5.58 Å². The highest BCUT2D eigenvalue weighted by molar-refractivity contribution is 6.20. The number of hydrogen-bond donors (Lipinski definition) is 1. The van der Waals surface area contributed by atoms with Gasteiger partial charge in [0.25, 0.3) is 0 Å². The van der Waals surface area contributed by atoms with Crippen LogP contribution in [0.5, 0.6) is 0 Å². The Bertz CT molecular complexity index is 2520. The maximum absolute atomic E-state index is 6.41. The van der Waals surface area contributed by atoms with Crippen molar-refractivity contribution in [3.8, 4) is 22.3 Å². The summed E-state index contributed by atoms with van der Waals surface area (Å²) >= 11 is 0. The zero-order valence-electron chi connectivity index (χ0n) is 23.9. The lowest BCUT2D eigenvalue weighted by atomic mass is 9.91. The molecule has 0 aliphatic rings. The molecule has 0 atom stereocenters. The Kier molecular flexibility index (Phi) is 5.54. The first-order chi connectivity index (χ1) is 21.8. The van der Waals surface area contributed by atoms with Crippen molar-refractivity contribution in [2.24, 2.45) is 0 Å². The van der Waals surface area contributed by atoms with Crippen molar-refractivity contribution in [1.29, 1.82) is 0 Å². The van der Waals surface area contributed by atoms with Gasteiger partial charge in [-0.15, -0.1) is 0 Å². The summed E-state index contributed by atoms with van der Waals surface area (Å²) in [5, 5.41) is 13.4. The lowest BCUT2D eigenvalue weighted by Gasteiger charge is -2.13. The molecule has 44 heavy (non-hydrogen) atoms. The zero-order chi connectivity index (χ0) is 29.0. The molecule has 0 aliphatic heterocycles. The molecule has 1 heterocycles. The summed E-state index contributed by atoms with van der Waals surface area (Å²) in [5.41, 5.74) is 8.65. The molecule has 0 amide bonds. The summed E-state index contributed by atoms with van der Waals surface area (Å²) in [7, 11) is 0. The predicted octanol–water partition coefficient (Wildman–Crippen LogP) is 12.1. The molecule has 0 fully saturated rings. The lowest BCUT2D eigenvalue weighted by Crippen LogP contribution is -1.91. The highest BCUT2D eigenvalue weighted by Crippen LogP contribution is 2.40. The molecule has 206 valence electrons. The molecule has 0 bridgehead atoms. The monoisotopic (exact) mass is 561 g/mol. The van der Waals surface area contributed by atoms with Crippen LogP contribution in [0.15, 0.2) is 162 Å². The minimum atomic E-state index is 0.873. The first-order valence-corrected chi connectivity index (χ1v) is 15.0. The summed E-state index contributed by atoms with van der Waals surface area (Å²) in [6, 6.07) is 56.2. The largest absolute Gasteiger partial charge is 0.454 e. The van der Waals surface area contributed by atoms with Crippen LogP contribution in [0, 0.1) is 0 Å². The van der Waals surface area contributed by atoms with Crippen LogP contribution in [0.3, 0.4) is 0 Å². The fourth-order valence-corrected chi connectivity index (χ4v) is 6.71. The Morgan fingerprint density at radius 3 is 1.82 bits per heavy atom. The second-order valence-corrected chi connectivity index (χ2v) is 11.4. The average molecular weight is 562 g/mol. The Balaban J connectivity index is 1.08. The Morgan fingerprint density at radius 1 is 0.409 bits per heavy atom. The fraction of sp³-hybridized carbons (Fsp3) is 0. The van der Waals surface area contributed by atoms with E-state index in [1.165, 1.54) is 54.6 Å². The zero-order valence-corrected chi connectivity index (χ0v) is 23.9. The third-order valence-corrected chi connectivity index (χ3v) is 8.85. The van der Waals surface area contributed by atoms with Crippen LogP contribution in [-0.4, -0.2) is 0 Å². The van der Waals surface area contributed by atoms with E-state index >= 15 is 0 Å². The van der Waals surface area contributed by atoms with Crippen LogP contribution in [0.1, 0.15) is 0 Å². The van der Waals surface area contributed by atoms with Gasteiger partial charge in [-0.1, -0.05) is 127 Å². The summed E-state index contributed by atoms with van der Waals surface area (Å²) in [6.07, 6.45) is 0. The number of furan rings is 1. The molecule has 8 aromatic carbocycles. The molecule has 9 rings (SSSR count). The fourth-order valence-electron chi connectivity index (χ4n) is 6.71. The molecule has 0 radical (unpaired) electrons. The normalized spacial score (nSPS) is 11.6. The maximum atomic E-state index is 6.41. The van der Waals surface area contributed by atoms with Crippen LogP contribution in [0.4, 0.5) is 11.4 Å². The third-order valence-electron chi connectivity index (χ3n) is 8.85. The van der Waals surface area contributed by atoms with Gasteiger partial charge in [-0.3, -0.25) is 0 Å². The van der Waals surface area contributed by atoms with Crippen molar-refractivity contribution in [2.75, 3.05) is 5.32 Å². The molecule has 0 spiro atoms. The molecule has 0 unspecified atom stereocenters. The summed E-state index contributed by atoms with van der Waals surface area (Å²) in [6.45, 7) is 0. The first-order valence-electron chi connectivity index (χ1n) is 15.0. The molecule has 1 N–H and O–H groups in total. The lowest BCUT2D eigenvalue weighted by molar-refractivity contribution is 0.670. The van der Waals surface area contributed by atoms with Gasteiger partial charge in [0.05, 0.1) is 5.69 Å². The van der Waals surface area contributed by atoms with E-state index in [2.05, 4.69) is 163 Å². The van der Waals surface area contributed by atoms with E-state index in [-0.39, 0.29) is 0 Å². The number of nitrogens with one attached hydrogen (secondary N) is 1. The van der Waals surface area contributed by atoms with E-state index in [9.17, 15) is 0 Å². The van der Waals surface area contributed by atoms with E-state index in [1.807, 2.05) is 0 Å². The van der Waals surface area contributed by atoms with Crippen LogP contribution in [0.25, 0.3) is 76.5 Å². The smallest absolute Gasteiger partial charge is 0.158 e. The standard InChI is InChI=1S/C42H27NO/c1-2-10-30-26-31(17-16-27(30)8-1)34-24-23-33(36-12-5-6-13-37(34)36)29-18-21-32(22-19-29)43-39-15-7-14-38-41-35-11-4-3-9-28(35)20-25-40(41)44-42(38)39/h1-26,43H. The van der Waals surface area contributed by atoms with Gasteiger partial charge in [-0.2, -0.15) is 0 Å². The number of hydrogen-bond acceptors (Lipinski definition) is 2. The third kappa shape index (κ3) is 3.96. The van der Waals surface area contributed by atoms with Gasteiger partial charge in [0, 0.05) is 16.5 Å². The van der Waals surface area contributed by atoms with Crippen LogP contribution in [0.2, 0.25) is 0 Å². The van der Waals surface area contributed by atoms with Crippen LogP contribution >= 0.6 is 0 Å². The van der Waals surface area contributed by atoms with Gasteiger partial charge < -0.3 is 9.73 Å². The molecule has 0 saturated heterocycles. The highest BCUT2D eigenvalue weighted by Gasteiger charge is 2.14. The second-order valence-electron chi connectivity index (χ2n) is 11.4. The summed E-state index contributed by atoms with van der Waals surface area (Å²) in [4.78, 5) is 0. The number of fused-ring (bicyclic) bond motifs is 7. The summed E-state index contributed by atoms with van der Waals surface area (Å²) in [5.74, 6) is 0. The first kappa shape index (κ1) is 24.7. The molecule has 2 heteroatoms. The summed E-state index contributed by atoms with van der Waals surface area (Å²) < 4.78 is 6.41.